The molecule has 0 fully saturated rings. The van der Waals surface area contributed by atoms with Crippen LogP contribution in [0, 0.1) is 26.6 Å². The second-order valence-corrected chi connectivity index (χ2v) is 8.88. The molecule has 2 aliphatic rings. The van der Waals surface area contributed by atoms with E-state index in [2.05, 4.69) is 0 Å². The van der Waals surface area contributed by atoms with Crippen molar-refractivity contribution in [1.82, 2.24) is 0 Å². The maximum absolute atomic E-state index is 13.6. The molecule has 0 saturated heterocycles. The van der Waals surface area contributed by atoms with Gasteiger partial charge in [0.05, 0.1) is 10.6 Å². The zero-order chi connectivity index (χ0) is 19.5. The molecule has 0 aliphatic carbocycles. The minimum absolute atomic E-state index is 0.150. The molecule has 0 radical (unpaired) electrons. The van der Waals surface area contributed by atoms with E-state index in [9.17, 15) is 17.6 Å². The van der Waals surface area contributed by atoms with E-state index >= 15 is 0 Å². The highest BCUT2D eigenvalue weighted by Crippen LogP contribution is 2.40. The molecule has 27 heavy (non-hydrogen) atoms. The third-order valence-corrected chi connectivity index (χ3v) is 7.42. The Morgan fingerprint density at radius 2 is 1.74 bits per heavy atom. The van der Waals surface area contributed by atoms with Crippen LogP contribution >= 0.6 is 0 Å². The molecule has 0 spiro atoms. The van der Waals surface area contributed by atoms with Crippen molar-refractivity contribution in [3.05, 3.63) is 76.3 Å². The first-order valence-electron chi connectivity index (χ1n) is 8.55. The summed E-state index contributed by atoms with van der Waals surface area (Å²) in [5, 5.41) is -1.39. The highest BCUT2D eigenvalue weighted by molar-refractivity contribution is 7.93. The first-order valence-corrected chi connectivity index (χ1v) is 10.1. The SMILES string of the molecule is Cc1ccc(S(=O)(=O)C2C(=O)C=C3C=Cc4cc(F)ccc4N32)c(C)c1C. The van der Waals surface area contributed by atoms with Crippen LogP contribution in [0.25, 0.3) is 6.08 Å². The smallest absolute Gasteiger partial charge is 0.207 e. The summed E-state index contributed by atoms with van der Waals surface area (Å²) in [5.41, 5.74) is 4.06. The monoisotopic (exact) mass is 383 g/mol. The summed E-state index contributed by atoms with van der Waals surface area (Å²) in [6.45, 7) is 5.54. The van der Waals surface area contributed by atoms with Gasteiger partial charge in [0.15, 0.2) is 5.78 Å². The summed E-state index contributed by atoms with van der Waals surface area (Å²) in [7, 11) is -3.98. The van der Waals surface area contributed by atoms with Crippen molar-refractivity contribution < 1.29 is 17.6 Å². The predicted molar refractivity (Wildman–Crippen MR) is 103 cm³/mol. The van der Waals surface area contributed by atoms with Crippen LogP contribution in [0.2, 0.25) is 0 Å². The van der Waals surface area contributed by atoms with Crippen molar-refractivity contribution in [3.8, 4) is 0 Å². The van der Waals surface area contributed by atoms with E-state index in [0.29, 0.717) is 22.5 Å². The fourth-order valence-corrected chi connectivity index (χ4v) is 5.61. The summed E-state index contributed by atoms with van der Waals surface area (Å²) in [6.07, 6.45) is 4.66. The first kappa shape index (κ1) is 17.7. The number of ketones is 1. The molecule has 4 rings (SSSR count). The largest absolute Gasteiger partial charge is 0.316 e. The van der Waals surface area contributed by atoms with Crippen LogP contribution in [-0.2, 0) is 14.6 Å². The average Bonchev–Trinajstić information content (AvgIpc) is 2.96. The van der Waals surface area contributed by atoms with Crippen LogP contribution in [0.4, 0.5) is 10.1 Å². The number of hydrogen-bond acceptors (Lipinski definition) is 4. The third-order valence-electron chi connectivity index (χ3n) is 5.34. The van der Waals surface area contributed by atoms with Crippen molar-refractivity contribution in [2.45, 2.75) is 31.0 Å². The Morgan fingerprint density at radius 3 is 2.48 bits per heavy atom. The number of halogens is 1. The van der Waals surface area contributed by atoms with Gasteiger partial charge >= 0.3 is 0 Å². The molecule has 1 atom stereocenters. The number of fused-ring (bicyclic) bond motifs is 3. The van der Waals surface area contributed by atoms with E-state index in [1.54, 1.807) is 31.2 Å². The van der Waals surface area contributed by atoms with Crippen molar-refractivity contribution in [1.29, 1.82) is 0 Å². The standard InChI is InChI=1S/C21H18FNO3S/c1-12-4-9-20(14(3)13(12)2)27(25,26)21-19(24)11-17-7-5-15-10-16(22)6-8-18(15)23(17)21/h4-11,21H,1-3H3. The zero-order valence-corrected chi connectivity index (χ0v) is 16.0. The van der Waals surface area contributed by atoms with Gasteiger partial charge in [0.2, 0.25) is 15.2 Å². The molecule has 2 aromatic rings. The van der Waals surface area contributed by atoms with Crippen LogP contribution in [0.3, 0.4) is 0 Å². The topological polar surface area (TPSA) is 54.5 Å². The van der Waals surface area contributed by atoms with E-state index in [1.165, 1.54) is 29.2 Å². The maximum Gasteiger partial charge on any atom is 0.207 e. The zero-order valence-electron chi connectivity index (χ0n) is 15.2. The summed E-state index contributed by atoms with van der Waals surface area (Å²) in [5.74, 6) is -0.912. The molecule has 2 heterocycles. The normalized spacial score (nSPS) is 18.4. The number of aryl methyl sites for hydroxylation is 1. The minimum Gasteiger partial charge on any atom is -0.316 e. The molecule has 0 saturated carbocycles. The Kier molecular flexibility index (Phi) is 3.85. The molecule has 0 aromatic heterocycles. The maximum atomic E-state index is 13.6. The molecule has 0 bridgehead atoms. The predicted octanol–water partition coefficient (Wildman–Crippen LogP) is 3.85. The number of hydrogen-bond donors (Lipinski definition) is 0. The molecule has 2 aromatic carbocycles. The van der Waals surface area contributed by atoms with E-state index in [0.717, 1.165) is 11.1 Å². The summed E-state index contributed by atoms with van der Waals surface area (Å²) < 4.78 is 40.5. The van der Waals surface area contributed by atoms with Crippen LogP contribution in [-0.4, -0.2) is 19.6 Å². The molecule has 2 aliphatic heterocycles. The number of nitrogens with zero attached hydrogens (tertiary/aromatic N) is 1. The molecule has 6 heteroatoms. The lowest BCUT2D eigenvalue weighted by Gasteiger charge is -2.31. The van der Waals surface area contributed by atoms with Gasteiger partial charge in [-0.15, -0.1) is 0 Å². The van der Waals surface area contributed by atoms with Gasteiger partial charge in [0, 0.05) is 17.3 Å². The Labute approximate surface area is 157 Å². The number of anilines is 1. The van der Waals surface area contributed by atoms with Gasteiger partial charge in [-0.05, 0) is 67.8 Å². The first-order chi connectivity index (χ1) is 12.7. The lowest BCUT2D eigenvalue weighted by atomic mass is 10.1. The molecule has 0 amide bonds. The number of carbonyl (C=O) groups excluding carboxylic acids is 1. The van der Waals surface area contributed by atoms with Gasteiger partial charge in [0.25, 0.3) is 0 Å². The summed E-state index contributed by atoms with van der Waals surface area (Å²) in [4.78, 5) is 14.3. The van der Waals surface area contributed by atoms with Gasteiger partial charge in [0.1, 0.15) is 5.82 Å². The Hall–Kier alpha value is -2.73. The Morgan fingerprint density at radius 1 is 1.00 bits per heavy atom. The van der Waals surface area contributed by atoms with Crippen molar-refractivity contribution in [2.75, 3.05) is 4.90 Å². The van der Waals surface area contributed by atoms with Gasteiger partial charge in [-0.25, -0.2) is 12.8 Å². The minimum atomic E-state index is -3.98. The van der Waals surface area contributed by atoms with Crippen LogP contribution < -0.4 is 4.90 Å². The highest BCUT2D eigenvalue weighted by atomic mass is 32.2. The third kappa shape index (κ3) is 2.55. The van der Waals surface area contributed by atoms with Gasteiger partial charge in [-0.1, -0.05) is 12.1 Å². The lowest BCUT2D eigenvalue weighted by Crippen LogP contribution is -2.42. The van der Waals surface area contributed by atoms with Crippen LogP contribution in [0.15, 0.2) is 53.1 Å². The van der Waals surface area contributed by atoms with Crippen LogP contribution in [0.5, 0.6) is 0 Å². The van der Waals surface area contributed by atoms with Crippen molar-refractivity contribution >= 4 is 27.4 Å². The molecule has 1 unspecified atom stereocenters. The number of sulfone groups is 1. The van der Waals surface area contributed by atoms with E-state index in [4.69, 9.17) is 0 Å². The quantitative estimate of drug-likeness (QED) is 0.790. The Balaban J connectivity index is 1.89. The Bertz CT molecular complexity index is 1160. The second kappa shape index (κ2) is 5.89. The van der Waals surface area contributed by atoms with Crippen molar-refractivity contribution in [3.63, 3.8) is 0 Å². The molecule has 0 N–H and O–H groups in total. The number of allylic oxidation sites excluding steroid dienone is 1. The fourth-order valence-electron chi connectivity index (χ4n) is 3.65. The molecule has 4 nitrogen and oxygen atoms in total. The molecular formula is C21H18FNO3S. The van der Waals surface area contributed by atoms with E-state index in [-0.39, 0.29) is 4.90 Å². The average molecular weight is 383 g/mol. The van der Waals surface area contributed by atoms with E-state index < -0.39 is 26.8 Å². The van der Waals surface area contributed by atoms with Gasteiger partial charge in [-0.2, -0.15) is 0 Å². The van der Waals surface area contributed by atoms with Gasteiger partial charge in [-0.3, -0.25) is 4.79 Å². The number of benzene rings is 2. The lowest BCUT2D eigenvalue weighted by molar-refractivity contribution is -0.113. The highest BCUT2D eigenvalue weighted by Gasteiger charge is 2.45. The number of carbonyl (C=O) groups is 1. The van der Waals surface area contributed by atoms with Crippen LogP contribution in [0.1, 0.15) is 22.3 Å². The van der Waals surface area contributed by atoms with Gasteiger partial charge < -0.3 is 4.90 Å². The van der Waals surface area contributed by atoms with Crippen molar-refractivity contribution in [2.24, 2.45) is 0 Å². The second-order valence-electron chi connectivity index (χ2n) is 6.91. The summed E-state index contributed by atoms with van der Waals surface area (Å²) in [6, 6.07) is 7.42. The molecule has 138 valence electrons. The summed E-state index contributed by atoms with van der Waals surface area (Å²) >= 11 is 0. The number of rotatable bonds is 2. The fraction of sp³-hybridized carbons (Fsp3) is 0.190. The molecular weight excluding hydrogens is 365 g/mol. The van der Waals surface area contributed by atoms with E-state index in [1.807, 2.05) is 13.8 Å².